The lowest BCUT2D eigenvalue weighted by atomic mass is 10.1. The van der Waals surface area contributed by atoms with Crippen molar-refractivity contribution >= 4 is 28.2 Å². The summed E-state index contributed by atoms with van der Waals surface area (Å²) in [4.78, 5) is 26.0. The molecule has 0 saturated carbocycles. The third kappa shape index (κ3) is 2.35. The summed E-state index contributed by atoms with van der Waals surface area (Å²) in [6.45, 7) is -0.444. The second-order valence-corrected chi connectivity index (χ2v) is 4.13. The molecule has 0 amide bonds. The lowest BCUT2D eigenvalue weighted by molar-refractivity contribution is -0.383. The number of benzene rings is 1. The van der Waals surface area contributed by atoms with E-state index in [4.69, 9.17) is 5.11 Å². The molecule has 0 fully saturated rings. The highest BCUT2D eigenvalue weighted by Gasteiger charge is 2.22. The van der Waals surface area contributed by atoms with E-state index in [1.54, 1.807) is 0 Å². The van der Waals surface area contributed by atoms with Crippen molar-refractivity contribution in [1.82, 2.24) is 4.98 Å². The Morgan fingerprint density at radius 2 is 2.30 bits per heavy atom. The first-order chi connectivity index (χ1) is 9.41. The van der Waals surface area contributed by atoms with Crippen molar-refractivity contribution in [3.8, 4) is 0 Å². The molecule has 0 spiro atoms. The molecule has 8 heteroatoms. The quantitative estimate of drug-likeness (QED) is 0.677. The molecule has 0 unspecified atom stereocenters. The second-order valence-electron chi connectivity index (χ2n) is 4.13. The summed E-state index contributed by atoms with van der Waals surface area (Å²) < 4.78 is 14.1. The molecule has 0 aliphatic heterocycles. The first-order valence-electron chi connectivity index (χ1n) is 5.56. The van der Waals surface area contributed by atoms with Crippen LogP contribution in [0, 0.1) is 15.9 Å². The van der Waals surface area contributed by atoms with E-state index in [9.17, 15) is 19.3 Å². The number of nitro groups is 1. The minimum Gasteiger partial charge on any atom is -0.480 e. The van der Waals surface area contributed by atoms with Gasteiger partial charge in [-0.2, -0.15) is 0 Å². The Hall–Kier alpha value is -2.77. The summed E-state index contributed by atoms with van der Waals surface area (Å²) in [7, 11) is 1.38. The molecule has 1 N–H and O–H groups in total. The van der Waals surface area contributed by atoms with Gasteiger partial charge in [0.15, 0.2) is 5.82 Å². The number of carbonyl (C=O) groups is 1. The zero-order valence-electron chi connectivity index (χ0n) is 10.4. The van der Waals surface area contributed by atoms with E-state index in [1.807, 2.05) is 0 Å². The molecule has 104 valence electrons. The number of carboxylic acids is 1. The van der Waals surface area contributed by atoms with Gasteiger partial charge in [0.2, 0.25) is 0 Å². The minimum absolute atomic E-state index is 0.0583. The van der Waals surface area contributed by atoms with Gasteiger partial charge in [-0.25, -0.2) is 4.39 Å². The van der Waals surface area contributed by atoms with Crippen LogP contribution in [0.1, 0.15) is 0 Å². The highest BCUT2D eigenvalue weighted by atomic mass is 19.1. The molecule has 7 nitrogen and oxygen atoms in total. The Balaban J connectivity index is 2.73. The fourth-order valence-corrected chi connectivity index (χ4v) is 1.98. The summed E-state index contributed by atoms with van der Waals surface area (Å²) in [5, 5.41) is 19.8. The fourth-order valence-electron chi connectivity index (χ4n) is 1.98. The van der Waals surface area contributed by atoms with Crippen LogP contribution in [0.4, 0.5) is 15.8 Å². The number of non-ortho nitro benzene ring substituents is 1. The van der Waals surface area contributed by atoms with E-state index < -0.39 is 28.9 Å². The van der Waals surface area contributed by atoms with Crippen molar-refractivity contribution in [2.75, 3.05) is 18.5 Å². The number of hydrogen-bond donors (Lipinski definition) is 1. The van der Waals surface area contributed by atoms with Crippen LogP contribution in [0.25, 0.3) is 10.9 Å². The van der Waals surface area contributed by atoms with Crippen LogP contribution < -0.4 is 4.90 Å². The average molecular weight is 279 g/mol. The fraction of sp³-hybridized carbons (Fsp3) is 0.167. The highest BCUT2D eigenvalue weighted by molar-refractivity contribution is 5.98. The predicted octanol–water partition coefficient (Wildman–Crippen LogP) is 1.80. The van der Waals surface area contributed by atoms with Gasteiger partial charge >= 0.3 is 5.97 Å². The van der Waals surface area contributed by atoms with Crippen LogP contribution in [0.5, 0.6) is 0 Å². The number of anilines is 1. The molecular weight excluding hydrogens is 269 g/mol. The van der Waals surface area contributed by atoms with Gasteiger partial charge in [-0.15, -0.1) is 0 Å². The molecule has 0 atom stereocenters. The Bertz CT molecular complexity index is 704. The van der Waals surface area contributed by atoms with Crippen molar-refractivity contribution in [2.45, 2.75) is 0 Å². The van der Waals surface area contributed by atoms with Crippen LogP contribution in [0.2, 0.25) is 0 Å². The number of aromatic nitrogens is 1. The van der Waals surface area contributed by atoms with Crippen LogP contribution in [0.3, 0.4) is 0 Å². The maximum atomic E-state index is 14.1. The number of pyridine rings is 1. The molecule has 0 saturated heterocycles. The minimum atomic E-state index is -1.14. The van der Waals surface area contributed by atoms with Gasteiger partial charge in [-0.05, 0) is 12.1 Å². The van der Waals surface area contributed by atoms with E-state index >= 15 is 0 Å². The molecule has 1 aromatic heterocycles. The number of nitrogens with zero attached hydrogens (tertiary/aromatic N) is 3. The molecule has 0 aliphatic carbocycles. The van der Waals surface area contributed by atoms with Crippen LogP contribution in [-0.2, 0) is 4.79 Å². The number of likely N-dealkylation sites (N-methyl/N-ethyl adjacent to an activating group) is 1. The highest BCUT2D eigenvalue weighted by Crippen LogP contribution is 2.34. The van der Waals surface area contributed by atoms with Crippen LogP contribution in [0.15, 0.2) is 24.4 Å². The molecule has 0 aliphatic rings. The summed E-state index contributed by atoms with van der Waals surface area (Å²) in [6.07, 6.45) is 1.36. The number of nitro benzene ring substituents is 1. The van der Waals surface area contributed by atoms with Gasteiger partial charge in [-0.3, -0.25) is 19.9 Å². The van der Waals surface area contributed by atoms with Gasteiger partial charge in [0.05, 0.1) is 16.4 Å². The number of rotatable bonds is 4. The molecule has 1 heterocycles. The second kappa shape index (κ2) is 5.08. The van der Waals surface area contributed by atoms with E-state index in [-0.39, 0.29) is 16.6 Å². The van der Waals surface area contributed by atoms with Crippen molar-refractivity contribution in [1.29, 1.82) is 0 Å². The normalized spacial score (nSPS) is 10.5. The first kappa shape index (κ1) is 13.7. The Labute approximate surface area is 112 Å². The standard InChI is InChI=1S/C12H10FN3O4/c1-15(6-10(17)18)12-8(13)5-9(16(19)20)7-3-2-4-14-11(7)12/h2-5H,6H2,1H3,(H,17,18). The molecular formula is C12H10FN3O4. The zero-order chi connectivity index (χ0) is 14.9. The summed E-state index contributed by atoms with van der Waals surface area (Å²) in [6, 6.07) is 3.71. The third-order valence-corrected chi connectivity index (χ3v) is 2.75. The molecule has 0 bridgehead atoms. The molecule has 1 aromatic carbocycles. The predicted molar refractivity (Wildman–Crippen MR) is 69.3 cm³/mol. The van der Waals surface area contributed by atoms with Crippen LogP contribution >= 0.6 is 0 Å². The maximum absolute atomic E-state index is 14.1. The van der Waals surface area contributed by atoms with Crippen molar-refractivity contribution in [3.63, 3.8) is 0 Å². The van der Waals surface area contributed by atoms with E-state index in [0.29, 0.717) is 0 Å². The number of carboxylic acid groups (broad SMARTS) is 1. The molecule has 2 aromatic rings. The monoisotopic (exact) mass is 279 g/mol. The third-order valence-electron chi connectivity index (χ3n) is 2.75. The van der Waals surface area contributed by atoms with Gasteiger partial charge in [-0.1, -0.05) is 0 Å². The Morgan fingerprint density at radius 1 is 1.60 bits per heavy atom. The van der Waals surface area contributed by atoms with E-state index in [2.05, 4.69) is 4.98 Å². The van der Waals surface area contributed by atoms with Gasteiger partial charge in [0.1, 0.15) is 17.7 Å². The molecule has 20 heavy (non-hydrogen) atoms. The average Bonchev–Trinajstić information content (AvgIpc) is 2.36. The lowest BCUT2D eigenvalue weighted by Gasteiger charge is -2.19. The van der Waals surface area contributed by atoms with Crippen molar-refractivity contribution < 1.29 is 19.2 Å². The largest absolute Gasteiger partial charge is 0.480 e. The summed E-state index contributed by atoms with van der Waals surface area (Å²) >= 11 is 0. The Kier molecular flexibility index (Phi) is 3.47. The van der Waals surface area contributed by atoms with Crippen molar-refractivity contribution in [3.05, 3.63) is 40.3 Å². The topological polar surface area (TPSA) is 96.6 Å². The molecule has 2 rings (SSSR count). The first-order valence-corrected chi connectivity index (χ1v) is 5.56. The Morgan fingerprint density at radius 3 is 2.90 bits per heavy atom. The van der Waals surface area contributed by atoms with Gasteiger partial charge < -0.3 is 10.0 Å². The zero-order valence-corrected chi connectivity index (χ0v) is 10.4. The summed E-state index contributed by atoms with van der Waals surface area (Å²) in [5.41, 5.74) is -0.422. The lowest BCUT2D eigenvalue weighted by Crippen LogP contribution is -2.26. The maximum Gasteiger partial charge on any atom is 0.323 e. The number of aliphatic carboxylic acids is 1. The number of fused-ring (bicyclic) bond motifs is 1. The van der Waals surface area contributed by atoms with Crippen LogP contribution in [-0.4, -0.2) is 34.6 Å². The van der Waals surface area contributed by atoms with Gasteiger partial charge in [0.25, 0.3) is 5.69 Å². The van der Waals surface area contributed by atoms with Crippen molar-refractivity contribution in [2.24, 2.45) is 0 Å². The van der Waals surface area contributed by atoms with Gasteiger partial charge in [0, 0.05) is 13.2 Å². The molecule has 0 radical (unpaired) electrons. The van der Waals surface area contributed by atoms with E-state index in [0.717, 1.165) is 11.0 Å². The van der Waals surface area contributed by atoms with E-state index in [1.165, 1.54) is 25.4 Å². The number of hydrogen-bond acceptors (Lipinski definition) is 5. The SMILES string of the molecule is CN(CC(=O)O)c1c(F)cc([N+](=O)[O-])c2cccnc12. The summed E-state index contributed by atoms with van der Waals surface area (Å²) in [5.74, 6) is -2.03. The number of halogens is 1. The smallest absolute Gasteiger partial charge is 0.323 e.